The molecule has 1 heterocycles. The molecule has 1 atom stereocenters. The smallest absolute Gasteiger partial charge is 0.211 e. The first-order valence-electron chi connectivity index (χ1n) is 7.67. The van der Waals surface area contributed by atoms with Crippen molar-refractivity contribution in [2.24, 2.45) is 21.7 Å². The molecule has 0 bridgehead atoms. The molecule has 1 unspecified atom stereocenters. The van der Waals surface area contributed by atoms with E-state index in [-0.39, 0.29) is 23.6 Å². The van der Waals surface area contributed by atoms with Crippen LogP contribution >= 0.6 is 35.8 Å². The van der Waals surface area contributed by atoms with Gasteiger partial charge in [0.1, 0.15) is 0 Å². The molecule has 0 radical (unpaired) electrons. The second-order valence-corrected chi connectivity index (χ2v) is 7.31. The van der Waals surface area contributed by atoms with E-state index in [1.165, 1.54) is 5.56 Å². The third-order valence-electron chi connectivity index (χ3n) is 3.95. The third-order valence-corrected chi connectivity index (χ3v) is 5.28. The largest absolute Gasteiger partial charge is 0.369 e. The van der Waals surface area contributed by atoms with Crippen molar-refractivity contribution in [3.63, 3.8) is 0 Å². The van der Waals surface area contributed by atoms with Crippen LogP contribution < -0.4 is 11.5 Å². The van der Waals surface area contributed by atoms with E-state index in [1.807, 2.05) is 42.5 Å². The van der Waals surface area contributed by atoms with Crippen LogP contribution in [-0.4, -0.2) is 26.9 Å². The van der Waals surface area contributed by atoms with Crippen molar-refractivity contribution in [3.8, 4) is 0 Å². The van der Waals surface area contributed by atoms with Gasteiger partial charge in [-0.05, 0) is 36.2 Å². The highest BCUT2D eigenvalue weighted by Gasteiger charge is 2.30. The van der Waals surface area contributed by atoms with Crippen molar-refractivity contribution in [1.82, 2.24) is 9.97 Å². The second-order valence-electron chi connectivity index (χ2n) is 5.68. The Balaban J connectivity index is 0.00000196. The number of aromatic nitrogens is 2. The molecular weight excluding hydrogens is 391 g/mol. The highest BCUT2D eigenvalue weighted by atomic mass is 35.5. The van der Waals surface area contributed by atoms with Gasteiger partial charge in [-0.3, -0.25) is 0 Å². The van der Waals surface area contributed by atoms with Gasteiger partial charge in [0, 0.05) is 10.6 Å². The molecule has 4 rings (SSSR count). The van der Waals surface area contributed by atoms with Crippen LogP contribution in [0.5, 0.6) is 0 Å². The molecule has 2 aromatic carbocycles. The number of benzene rings is 2. The minimum Gasteiger partial charge on any atom is -0.369 e. The van der Waals surface area contributed by atoms with E-state index in [9.17, 15) is 0 Å². The van der Waals surface area contributed by atoms with Gasteiger partial charge >= 0.3 is 0 Å². The molecule has 1 aromatic heterocycles. The maximum Gasteiger partial charge on any atom is 0.211 e. The van der Waals surface area contributed by atoms with Gasteiger partial charge in [-0.1, -0.05) is 41.6 Å². The molecule has 1 aliphatic carbocycles. The number of H-pyrrole nitrogens is 1. The maximum absolute atomic E-state index is 6.15. The lowest BCUT2D eigenvalue weighted by atomic mass is 10.1. The fourth-order valence-electron chi connectivity index (χ4n) is 2.88. The molecule has 0 saturated carbocycles. The number of aromatic amines is 1. The SMILES string of the molecule is Cl.NC(N)=N/N=C1\c2cc(Cl)ccc2CC1Sc1nc2ccccc2[nH]1. The van der Waals surface area contributed by atoms with Gasteiger partial charge in [-0.2, -0.15) is 5.10 Å². The summed E-state index contributed by atoms with van der Waals surface area (Å²) in [7, 11) is 0. The first kappa shape index (κ1) is 18.6. The first-order valence-corrected chi connectivity index (χ1v) is 8.92. The number of halogens is 2. The molecule has 6 nitrogen and oxygen atoms in total. The molecule has 134 valence electrons. The van der Waals surface area contributed by atoms with E-state index in [0.29, 0.717) is 5.02 Å². The van der Waals surface area contributed by atoms with Crippen LogP contribution in [0.4, 0.5) is 0 Å². The number of nitrogens with two attached hydrogens (primary N) is 2. The molecule has 0 aliphatic heterocycles. The number of fused-ring (bicyclic) bond motifs is 2. The highest BCUT2D eigenvalue weighted by molar-refractivity contribution is 8.00. The Morgan fingerprint density at radius 2 is 2.04 bits per heavy atom. The minimum atomic E-state index is -0.0736. The van der Waals surface area contributed by atoms with Crippen molar-refractivity contribution in [1.29, 1.82) is 0 Å². The predicted octanol–water partition coefficient (Wildman–Crippen LogP) is 3.33. The molecule has 1 aliphatic rings. The Kier molecular flexibility index (Phi) is 5.41. The van der Waals surface area contributed by atoms with Gasteiger partial charge in [-0.15, -0.1) is 17.5 Å². The highest BCUT2D eigenvalue weighted by Crippen LogP contribution is 2.35. The molecular formula is C17H16Cl2N6S. The van der Waals surface area contributed by atoms with Gasteiger partial charge in [-0.25, -0.2) is 4.98 Å². The van der Waals surface area contributed by atoms with E-state index in [0.717, 1.165) is 33.9 Å². The summed E-state index contributed by atoms with van der Waals surface area (Å²) in [6.45, 7) is 0. The molecule has 3 aromatic rings. The number of nitrogens with zero attached hydrogens (tertiary/aromatic N) is 3. The van der Waals surface area contributed by atoms with Gasteiger partial charge in [0.15, 0.2) is 5.16 Å². The number of rotatable bonds is 3. The molecule has 0 saturated heterocycles. The van der Waals surface area contributed by atoms with E-state index in [2.05, 4.69) is 20.2 Å². The summed E-state index contributed by atoms with van der Waals surface area (Å²) in [6, 6.07) is 13.7. The summed E-state index contributed by atoms with van der Waals surface area (Å²) in [5.74, 6) is -0.0736. The number of para-hydroxylation sites is 2. The zero-order chi connectivity index (χ0) is 17.4. The van der Waals surface area contributed by atoms with Crippen LogP contribution in [0.3, 0.4) is 0 Å². The van der Waals surface area contributed by atoms with Gasteiger partial charge in [0.25, 0.3) is 0 Å². The van der Waals surface area contributed by atoms with Crippen LogP contribution in [0.2, 0.25) is 5.02 Å². The van der Waals surface area contributed by atoms with E-state index >= 15 is 0 Å². The Hall–Kier alpha value is -2.22. The number of imidazole rings is 1. The lowest BCUT2D eigenvalue weighted by Gasteiger charge is -2.07. The van der Waals surface area contributed by atoms with Crippen molar-refractivity contribution in [3.05, 3.63) is 58.6 Å². The fraction of sp³-hybridized carbons (Fsp3) is 0.118. The van der Waals surface area contributed by atoms with Crippen LogP contribution in [0.1, 0.15) is 11.1 Å². The normalized spacial score (nSPS) is 17.1. The molecule has 0 amide bonds. The number of nitrogens with one attached hydrogen (secondary N) is 1. The summed E-state index contributed by atoms with van der Waals surface area (Å²) < 4.78 is 0. The molecule has 26 heavy (non-hydrogen) atoms. The number of hydrogen-bond donors (Lipinski definition) is 3. The van der Waals surface area contributed by atoms with E-state index in [4.69, 9.17) is 23.1 Å². The van der Waals surface area contributed by atoms with Gasteiger partial charge in [0.05, 0.1) is 22.0 Å². The Morgan fingerprint density at radius 3 is 2.81 bits per heavy atom. The quantitative estimate of drug-likeness (QED) is 0.352. The number of hydrogen-bond acceptors (Lipinski definition) is 4. The van der Waals surface area contributed by atoms with Crippen LogP contribution in [-0.2, 0) is 6.42 Å². The minimum absolute atomic E-state index is 0. The monoisotopic (exact) mass is 406 g/mol. The van der Waals surface area contributed by atoms with Crippen LogP contribution in [0, 0.1) is 0 Å². The Morgan fingerprint density at radius 1 is 1.23 bits per heavy atom. The van der Waals surface area contributed by atoms with E-state index in [1.54, 1.807) is 11.8 Å². The standard InChI is InChI=1S/C17H15ClN6S.ClH/c18-10-6-5-9-7-14(15(11(9)8-10)23-24-16(19)20)25-17-21-12-3-1-2-4-13(12)22-17;/h1-6,8,14H,7H2,(H,21,22)(H4,19,20,24);1H/b23-15+;. The van der Waals surface area contributed by atoms with Crippen molar-refractivity contribution >= 4 is 58.5 Å². The predicted molar refractivity (Wildman–Crippen MR) is 110 cm³/mol. The van der Waals surface area contributed by atoms with Crippen LogP contribution in [0.25, 0.3) is 11.0 Å². The van der Waals surface area contributed by atoms with Crippen molar-refractivity contribution in [2.75, 3.05) is 0 Å². The summed E-state index contributed by atoms with van der Waals surface area (Å²) >= 11 is 7.75. The first-order chi connectivity index (χ1) is 12.1. The zero-order valence-electron chi connectivity index (χ0n) is 13.5. The Labute approximate surface area is 165 Å². The summed E-state index contributed by atoms with van der Waals surface area (Å²) in [4.78, 5) is 7.96. The number of guanidine groups is 1. The number of thioether (sulfide) groups is 1. The Bertz CT molecular complexity index is 976. The summed E-state index contributed by atoms with van der Waals surface area (Å²) in [5, 5.41) is 9.66. The van der Waals surface area contributed by atoms with Crippen LogP contribution in [0.15, 0.2) is 57.8 Å². The van der Waals surface area contributed by atoms with Gasteiger partial charge < -0.3 is 16.5 Å². The summed E-state index contributed by atoms with van der Waals surface area (Å²) in [5.41, 5.74) is 15.8. The topological polar surface area (TPSA) is 105 Å². The summed E-state index contributed by atoms with van der Waals surface area (Å²) in [6.07, 6.45) is 0.813. The maximum atomic E-state index is 6.15. The van der Waals surface area contributed by atoms with Crippen molar-refractivity contribution < 1.29 is 0 Å². The fourth-order valence-corrected chi connectivity index (χ4v) is 4.19. The van der Waals surface area contributed by atoms with E-state index < -0.39 is 0 Å². The van der Waals surface area contributed by atoms with Gasteiger partial charge in [0.2, 0.25) is 5.96 Å². The van der Waals surface area contributed by atoms with Crippen molar-refractivity contribution in [2.45, 2.75) is 16.8 Å². The zero-order valence-corrected chi connectivity index (χ0v) is 15.9. The molecule has 0 fully saturated rings. The third kappa shape index (κ3) is 3.65. The molecule has 5 N–H and O–H groups in total. The molecule has 0 spiro atoms. The average molecular weight is 407 g/mol. The lowest BCUT2D eigenvalue weighted by Crippen LogP contribution is -2.22. The lowest BCUT2D eigenvalue weighted by molar-refractivity contribution is 1.04. The average Bonchev–Trinajstić information content (AvgIpc) is 3.13. The molecule has 9 heteroatoms. The second kappa shape index (κ2) is 7.57.